The van der Waals surface area contributed by atoms with Crippen LogP contribution in [0.2, 0.25) is 0 Å². The zero-order chi connectivity index (χ0) is 23.2. The van der Waals surface area contributed by atoms with Crippen molar-refractivity contribution in [1.82, 2.24) is 4.90 Å². The van der Waals surface area contributed by atoms with Crippen molar-refractivity contribution in [2.45, 2.75) is 18.9 Å². The Morgan fingerprint density at radius 1 is 0.970 bits per heavy atom. The minimum atomic E-state index is -0.565. The number of halogens is 1. The molecule has 0 spiro atoms. The molecular weight excluding hydrogens is 421 g/mol. The molecule has 0 saturated carbocycles. The predicted molar refractivity (Wildman–Crippen MR) is 124 cm³/mol. The van der Waals surface area contributed by atoms with E-state index < -0.39 is 6.04 Å². The van der Waals surface area contributed by atoms with Crippen LogP contribution < -0.4 is 15.8 Å². The number of rotatable bonds is 7. The maximum absolute atomic E-state index is 13.0. The Balaban J connectivity index is 1.40. The molecule has 170 valence electrons. The molecule has 0 radical (unpaired) electrons. The fourth-order valence-corrected chi connectivity index (χ4v) is 4.13. The van der Waals surface area contributed by atoms with Gasteiger partial charge < -0.3 is 20.7 Å². The van der Waals surface area contributed by atoms with E-state index in [4.69, 9.17) is 10.5 Å². The number of likely N-dealkylation sites (tertiary alicyclic amines) is 1. The molecule has 1 aliphatic rings. The lowest BCUT2D eigenvalue weighted by atomic mass is 9.96. The van der Waals surface area contributed by atoms with E-state index in [9.17, 15) is 14.0 Å². The van der Waals surface area contributed by atoms with Crippen LogP contribution in [-0.2, 0) is 16.0 Å². The maximum atomic E-state index is 13.0. The Morgan fingerprint density at radius 2 is 1.61 bits per heavy atom. The molecule has 0 aliphatic carbocycles. The Hall–Kier alpha value is -3.71. The van der Waals surface area contributed by atoms with E-state index in [1.54, 1.807) is 41.3 Å². The van der Waals surface area contributed by atoms with Gasteiger partial charge in [-0.2, -0.15) is 0 Å². The molecule has 0 unspecified atom stereocenters. The van der Waals surface area contributed by atoms with Crippen molar-refractivity contribution in [3.8, 4) is 11.5 Å². The smallest absolute Gasteiger partial charge is 0.247 e. The van der Waals surface area contributed by atoms with Crippen LogP contribution >= 0.6 is 0 Å². The fourth-order valence-electron chi connectivity index (χ4n) is 4.13. The minimum Gasteiger partial charge on any atom is -0.457 e. The largest absolute Gasteiger partial charge is 0.457 e. The molecule has 3 aromatic carbocycles. The van der Waals surface area contributed by atoms with E-state index in [1.165, 1.54) is 17.7 Å². The molecule has 1 fully saturated rings. The Kier molecular flexibility index (Phi) is 7.00. The topological polar surface area (TPSA) is 84.7 Å². The van der Waals surface area contributed by atoms with E-state index in [0.717, 1.165) is 6.42 Å². The van der Waals surface area contributed by atoms with Gasteiger partial charge in [0.05, 0.1) is 6.54 Å². The number of ether oxygens (including phenoxy) is 1. The van der Waals surface area contributed by atoms with Crippen molar-refractivity contribution in [3.63, 3.8) is 0 Å². The Labute approximate surface area is 192 Å². The summed E-state index contributed by atoms with van der Waals surface area (Å²) in [4.78, 5) is 27.0. The summed E-state index contributed by atoms with van der Waals surface area (Å²) in [6.45, 7) is 0.380. The van der Waals surface area contributed by atoms with Crippen LogP contribution in [0, 0.1) is 11.7 Å². The van der Waals surface area contributed by atoms with E-state index in [2.05, 4.69) is 17.4 Å². The second-order valence-corrected chi connectivity index (χ2v) is 8.13. The first kappa shape index (κ1) is 22.5. The highest BCUT2D eigenvalue weighted by Crippen LogP contribution is 2.28. The van der Waals surface area contributed by atoms with Crippen molar-refractivity contribution < 1.29 is 18.7 Å². The van der Waals surface area contributed by atoms with Crippen molar-refractivity contribution in [1.29, 1.82) is 0 Å². The molecule has 0 bridgehead atoms. The first-order valence-corrected chi connectivity index (χ1v) is 10.9. The fraction of sp³-hybridized carbons (Fsp3) is 0.231. The van der Waals surface area contributed by atoms with Crippen molar-refractivity contribution in [2.24, 2.45) is 11.7 Å². The summed E-state index contributed by atoms with van der Waals surface area (Å²) >= 11 is 0. The maximum Gasteiger partial charge on any atom is 0.247 e. The molecule has 4 rings (SSSR count). The number of nitrogens with zero attached hydrogens (tertiary/aromatic N) is 1. The molecule has 1 saturated heterocycles. The zero-order valence-corrected chi connectivity index (χ0v) is 18.1. The van der Waals surface area contributed by atoms with Crippen LogP contribution in [0.25, 0.3) is 0 Å². The number of anilines is 1. The van der Waals surface area contributed by atoms with Gasteiger partial charge in [-0.1, -0.05) is 30.3 Å². The van der Waals surface area contributed by atoms with Gasteiger partial charge in [-0.25, -0.2) is 4.39 Å². The third-order valence-corrected chi connectivity index (χ3v) is 5.72. The second-order valence-electron chi connectivity index (χ2n) is 8.13. The Morgan fingerprint density at radius 3 is 2.24 bits per heavy atom. The van der Waals surface area contributed by atoms with Crippen molar-refractivity contribution in [3.05, 3.63) is 90.2 Å². The van der Waals surface area contributed by atoms with Crippen molar-refractivity contribution >= 4 is 17.5 Å². The van der Waals surface area contributed by atoms with Gasteiger partial charge >= 0.3 is 0 Å². The number of carbonyl (C=O) groups excluding carboxylic acids is 2. The average Bonchev–Trinajstić information content (AvgIpc) is 3.26. The van der Waals surface area contributed by atoms with Crippen molar-refractivity contribution in [2.75, 3.05) is 18.4 Å². The first-order valence-electron chi connectivity index (χ1n) is 10.9. The van der Waals surface area contributed by atoms with E-state index in [0.29, 0.717) is 30.2 Å². The highest BCUT2D eigenvalue weighted by Gasteiger charge is 2.39. The van der Waals surface area contributed by atoms with Gasteiger partial charge in [0.15, 0.2) is 0 Å². The highest BCUT2D eigenvalue weighted by molar-refractivity contribution is 5.97. The highest BCUT2D eigenvalue weighted by atomic mass is 19.1. The SMILES string of the molecule is NCC(=O)N1C[C@H](Cc2ccccc2)C[C@H]1C(=O)Nc1ccc(Oc2ccc(F)cc2)cc1. The van der Waals surface area contributed by atoms with Gasteiger partial charge in [-0.3, -0.25) is 9.59 Å². The van der Waals surface area contributed by atoms with E-state index in [1.807, 2.05) is 18.2 Å². The number of nitrogens with two attached hydrogens (primary N) is 1. The zero-order valence-electron chi connectivity index (χ0n) is 18.1. The van der Waals surface area contributed by atoms with Gasteiger partial charge in [-0.05, 0) is 72.9 Å². The first-order chi connectivity index (χ1) is 16.0. The van der Waals surface area contributed by atoms with Gasteiger partial charge in [-0.15, -0.1) is 0 Å². The minimum absolute atomic E-state index is 0.128. The summed E-state index contributed by atoms with van der Waals surface area (Å²) in [6.07, 6.45) is 1.38. The molecule has 33 heavy (non-hydrogen) atoms. The molecule has 2 atom stereocenters. The van der Waals surface area contributed by atoms with E-state index in [-0.39, 0.29) is 30.1 Å². The van der Waals surface area contributed by atoms with Crippen LogP contribution in [0.3, 0.4) is 0 Å². The summed E-state index contributed by atoms with van der Waals surface area (Å²) < 4.78 is 18.7. The standard InChI is InChI=1S/C26H26FN3O3/c27-20-6-10-22(11-7-20)33-23-12-8-21(9-13-23)29-26(32)24-15-19(17-30(24)25(31)16-28)14-18-4-2-1-3-5-18/h1-13,19,24H,14-17,28H2,(H,29,32)/t19-,24+/m1/s1. The summed E-state index contributed by atoms with van der Waals surface area (Å²) in [5.74, 6) is 0.460. The summed E-state index contributed by atoms with van der Waals surface area (Å²) in [7, 11) is 0. The summed E-state index contributed by atoms with van der Waals surface area (Å²) in [5, 5.41) is 2.90. The number of hydrogen-bond acceptors (Lipinski definition) is 4. The summed E-state index contributed by atoms with van der Waals surface area (Å²) in [6, 6.07) is 22.1. The normalized spacial score (nSPS) is 17.6. The number of amides is 2. The quantitative estimate of drug-likeness (QED) is 0.574. The van der Waals surface area contributed by atoms with Gasteiger partial charge in [0.25, 0.3) is 0 Å². The lowest BCUT2D eigenvalue weighted by Gasteiger charge is -2.23. The number of carbonyl (C=O) groups is 2. The number of nitrogens with one attached hydrogen (secondary N) is 1. The van der Waals surface area contributed by atoms with Gasteiger partial charge in [0.2, 0.25) is 11.8 Å². The van der Waals surface area contributed by atoms with Gasteiger partial charge in [0, 0.05) is 12.2 Å². The molecule has 7 heteroatoms. The lowest BCUT2D eigenvalue weighted by molar-refractivity contribution is -0.135. The number of hydrogen-bond donors (Lipinski definition) is 2. The second kappa shape index (κ2) is 10.3. The molecule has 1 aliphatic heterocycles. The molecule has 3 N–H and O–H groups in total. The average molecular weight is 448 g/mol. The van der Waals surface area contributed by atoms with Crippen LogP contribution in [0.4, 0.5) is 10.1 Å². The predicted octanol–water partition coefficient (Wildman–Crippen LogP) is 3.98. The third kappa shape index (κ3) is 5.75. The molecule has 3 aromatic rings. The molecular formula is C26H26FN3O3. The monoisotopic (exact) mass is 447 g/mol. The lowest BCUT2D eigenvalue weighted by Crippen LogP contribution is -2.45. The molecule has 0 aromatic heterocycles. The third-order valence-electron chi connectivity index (χ3n) is 5.72. The van der Waals surface area contributed by atoms with Crippen LogP contribution in [0.1, 0.15) is 12.0 Å². The van der Waals surface area contributed by atoms with Gasteiger partial charge in [0.1, 0.15) is 23.4 Å². The molecule has 6 nitrogen and oxygen atoms in total. The molecule has 2 amide bonds. The Bertz CT molecular complexity index is 1090. The van der Waals surface area contributed by atoms with Crippen LogP contribution in [0.5, 0.6) is 11.5 Å². The van der Waals surface area contributed by atoms with Crippen LogP contribution in [-0.4, -0.2) is 35.8 Å². The van der Waals surface area contributed by atoms with Crippen LogP contribution in [0.15, 0.2) is 78.9 Å². The summed E-state index contributed by atoms with van der Waals surface area (Å²) in [5.41, 5.74) is 7.37. The molecule has 1 heterocycles. The van der Waals surface area contributed by atoms with E-state index >= 15 is 0 Å². The number of benzene rings is 3.